The molecule has 1 aromatic rings. The standard InChI is InChI=1S/C20H24N4O5/c1-10-4-3-5-11-16(10)22-19(28)20(11)15-14(12(23-20)6-7-13(21)25)17(26)24(18(15)27)8-9-29-2/h3-5,12,14-15,23H,6-9H2,1-2H3,(H2,21,25)(H,22,28)/t12-,14+,15+,20+/m0/s1. The Hall–Kier alpha value is -2.78. The van der Waals surface area contributed by atoms with Crippen molar-refractivity contribution in [2.24, 2.45) is 17.6 Å². The minimum absolute atomic E-state index is 0.0544. The molecular weight excluding hydrogens is 376 g/mol. The van der Waals surface area contributed by atoms with Crippen LogP contribution in [0, 0.1) is 18.8 Å². The lowest BCUT2D eigenvalue weighted by molar-refractivity contribution is -0.143. The molecule has 2 fully saturated rings. The van der Waals surface area contributed by atoms with Crippen LogP contribution in [0.4, 0.5) is 5.69 Å². The first-order chi connectivity index (χ1) is 13.8. The third-order valence-corrected chi connectivity index (χ3v) is 6.27. The maximum Gasteiger partial charge on any atom is 0.250 e. The van der Waals surface area contributed by atoms with Crippen LogP contribution in [0.5, 0.6) is 0 Å². The quantitative estimate of drug-likeness (QED) is 0.559. The molecule has 4 N–H and O–H groups in total. The Morgan fingerprint density at radius 2 is 2.03 bits per heavy atom. The SMILES string of the molecule is COCCN1C(=O)[C@@H]2[C@H](CCC(N)=O)N[C@@]3(C(=O)Nc4c(C)cccc43)[C@H]2C1=O. The highest BCUT2D eigenvalue weighted by Crippen LogP contribution is 2.53. The minimum atomic E-state index is -1.34. The summed E-state index contributed by atoms with van der Waals surface area (Å²) < 4.78 is 5.04. The first kappa shape index (κ1) is 19.5. The second-order valence-corrected chi connectivity index (χ2v) is 7.84. The molecule has 0 unspecified atom stereocenters. The summed E-state index contributed by atoms with van der Waals surface area (Å²) in [5.74, 6) is -3.21. The molecular formula is C20H24N4O5. The van der Waals surface area contributed by atoms with E-state index in [1.165, 1.54) is 12.0 Å². The molecule has 4 amide bonds. The van der Waals surface area contributed by atoms with Gasteiger partial charge in [-0.05, 0) is 18.9 Å². The largest absolute Gasteiger partial charge is 0.383 e. The molecule has 4 rings (SSSR count). The number of carbonyl (C=O) groups is 4. The van der Waals surface area contributed by atoms with Crippen molar-refractivity contribution in [3.05, 3.63) is 29.3 Å². The topological polar surface area (TPSA) is 131 Å². The van der Waals surface area contributed by atoms with Gasteiger partial charge in [-0.2, -0.15) is 0 Å². The number of amides is 4. The molecule has 0 aliphatic carbocycles. The number of anilines is 1. The highest BCUT2D eigenvalue weighted by Gasteiger charge is 2.70. The van der Waals surface area contributed by atoms with Crippen molar-refractivity contribution in [2.75, 3.05) is 25.6 Å². The number of nitrogens with one attached hydrogen (secondary N) is 2. The number of rotatable bonds is 6. The Labute approximate surface area is 167 Å². The van der Waals surface area contributed by atoms with Crippen LogP contribution >= 0.6 is 0 Å². The van der Waals surface area contributed by atoms with E-state index in [1.807, 2.05) is 19.1 Å². The van der Waals surface area contributed by atoms with Crippen molar-refractivity contribution in [3.63, 3.8) is 0 Å². The van der Waals surface area contributed by atoms with Crippen LogP contribution < -0.4 is 16.4 Å². The molecule has 1 aromatic carbocycles. The maximum atomic E-state index is 13.3. The molecule has 0 bridgehead atoms. The lowest BCUT2D eigenvalue weighted by Gasteiger charge is -2.29. The Bertz CT molecular complexity index is 916. The van der Waals surface area contributed by atoms with E-state index in [4.69, 9.17) is 10.5 Å². The number of aryl methyl sites for hydroxylation is 1. The molecule has 0 aromatic heterocycles. The van der Waals surface area contributed by atoms with Crippen LogP contribution in [0.25, 0.3) is 0 Å². The van der Waals surface area contributed by atoms with Gasteiger partial charge in [-0.15, -0.1) is 0 Å². The molecule has 2 saturated heterocycles. The number of hydrogen-bond acceptors (Lipinski definition) is 6. The number of carbonyl (C=O) groups excluding carboxylic acids is 4. The summed E-state index contributed by atoms with van der Waals surface area (Å²) in [5, 5.41) is 6.17. The normalized spacial score (nSPS) is 30.1. The molecule has 3 heterocycles. The van der Waals surface area contributed by atoms with Crippen molar-refractivity contribution < 1.29 is 23.9 Å². The fraction of sp³-hybridized carbons (Fsp3) is 0.500. The zero-order valence-electron chi connectivity index (χ0n) is 16.4. The summed E-state index contributed by atoms with van der Waals surface area (Å²) in [4.78, 5) is 52.2. The van der Waals surface area contributed by atoms with Gasteiger partial charge in [0.2, 0.25) is 23.6 Å². The van der Waals surface area contributed by atoms with E-state index in [0.29, 0.717) is 11.3 Å². The molecule has 0 radical (unpaired) electrons. The molecule has 3 aliphatic rings. The van der Waals surface area contributed by atoms with Crippen LogP contribution in [0.15, 0.2) is 18.2 Å². The van der Waals surface area contributed by atoms with Gasteiger partial charge in [-0.1, -0.05) is 18.2 Å². The molecule has 0 saturated carbocycles. The molecule has 4 atom stereocenters. The van der Waals surface area contributed by atoms with E-state index < -0.39 is 35.2 Å². The summed E-state index contributed by atoms with van der Waals surface area (Å²) in [6.45, 7) is 2.22. The highest BCUT2D eigenvalue weighted by molar-refractivity contribution is 6.15. The Kier molecular flexibility index (Phi) is 4.66. The Morgan fingerprint density at radius 1 is 1.28 bits per heavy atom. The first-order valence-corrected chi connectivity index (χ1v) is 9.64. The van der Waals surface area contributed by atoms with Gasteiger partial charge in [-0.25, -0.2) is 0 Å². The van der Waals surface area contributed by atoms with E-state index in [2.05, 4.69) is 10.6 Å². The van der Waals surface area contributed by atoms with Gasteiger partial charge in [0.25, 0.3) is 0 Å². The third-order valence-electron chi connectivity index (χ3n) is 6.27. The third kappa shape index (κ3) is 2.68. The predicted octanol–water partition coefficient (Wildman–Crippen LogP) is -0.373. The van der Waals surface area contributed by atoms with Crippen molar-refractivity contribution in [1.82, 2.24) is 10.2 Å². The predicted molar refractivity (Wildman–Crippen MR) is 102 cm³/mol. The van der Waals surface area contributed by atoms with Crippen LogP contribution in [-0.2, 0) is 29.5 Å². The van der Waals surface area contributed by atoms with Crippen LogP contribution in [0.2, 0.25) is 0 Å². The number of hydrogen-bond donors (Lipinski definition) is 3. The smallest absolute Gasteiger partial charge is 0.250 e. The lowest BCUT2D eigenvalue weighted by Crippen LogP contribution is -2.53. The van der Waals surface area contributed by atoms with Gasteiger partial charge in [0, 0.05) is 30.8 Å². The molecule has 1 spiro atoms. The number of nitrogens with two attached hydrogens (primary N) is 1. The van der Waals surface area contributed by atoms with Gasteiger partial charge >= 0.3 is 0 Å². The number of nitrogens with zero attached hydrogens (tertiary/aromatic N) is 1. The summed E-state index contributed by atoms with van der Waals surface area (Å²) in [6, 6.07) is 4.99. The number of ether oxygens (including phenoxy) is 1. The molecule has 9 heteroatoms. The first-order valence-electron chi connectivity index (χ1n) is 9.64. The van der Waals surface area contributed by atoms with Crippen LogP contribution in [0.1, 0.15) is 24.0 Å². The lowest BCUT2D eigenvalue weighted by atomic mass is 9.76. The van der Waals surface area contributed by atoms with Crippen molar-refractivity contribution in [1.29, 1.82) is 0 Å². The summed E-state index contributed by atoms with van der Waals surface area (Å²) >= 11 is 0. The Balaban J connectivity index is 1.81. The maximum absolute atomic E-state index is 13.3. The fourth-order valence-electron chi connectivity index (χ4n) is 4.98. The average Bonchev–Trinajstić information content (AvgIpc) is 3.25. The summed E-state index contributed by atoms with van der Waals surface area (Å²) in [7, 11) is 1.49. The Morgan fingerprint density at radius 3 is 2.72 bits per heavy atom. The fourth-order valence-corrected chi connectivity index (χ4v) is 4.98. The number of para-hydroxylation sites is 1. The van der Waals surface area contributed by atoms with Gasteiger partial charge in [0.05, 0.1) is 25.0 Å². The van der Waals surface area contributed by atoms with Crippen molar-refractivity contribution in [2.45, 2.75) is 31.3 Å². The van der Waals surface area contributed by atoms with Gasteiger partial charge in [0.1, 0.15) is 5.54 Å². The molecule has 29 heavy (non-hydrogen) atoms. The highest BCUT2D eigenvalue weighted by atomic mass is 16.5. The van der Waals surface area contributed by atoms with E-state index in [0.717, 1.165) is 5.56 Å². The zero-order valence-corrected chi connectivity index (χ0v) is 16.4. The van der Waals surface area contributed by atoms with Gasteiger partial charge < -0.3 is 15.8 Å². The molecule has 154 valence electrons. The number of primary amides is 1. The van der Waals surface area contributed by atoms with Gasteiger partial charge in [0.15, 0.2) is 0 Å². The second-order valence-electron chi connectivity index (χ2n) is 7.84. The minimum Gasteiger partial charge on any atom is -0.383 e. The van der Waals surface area contributed by atoms with E-state index in [-0.39, 0.29) is 37.8 Å². The van der Waals surface area contributed by atoms with E-state index in [1.54, 1.807) is 6.07 Å². The van der Waals surface area contributed by atoms with E-state index >= 15 is 0 Å². The molecule has 9 nitrogen and oxygen atoms in total. The van der Waals surface area contributed by atoms with Crippen molar-refractivity contribution in [3.8, 4) is 0 Å². The van der Waals surface area contributed by atoms with Crippen LogP contribution in [-0.4, -0.2) is 54.8 Å². The van der Waals surface area contributed by atoms with Crippen molar-refractivity contribution >= 4 is 29.3 Å². The number of fused-ring (bicyclic) bond motifs is 4. The van der Waals surface area contributed by atoms with Gasteiger partial charge in [-0.3, -0.25) is 29.4 Å². The number of likely N-dealkylation sites (tertiary alicyclic amines) is 1. The summed E-state index contributed by atoms with van der Waals surface area (Å²) in [5.41, 5.74) is 6.16. The van der Waals surface area contributed by atoms with Crippen LogP contribution in [0.3, 0.4) is 0 Å². The number of imide groups is 1. The van der Waals surface area contributed by atoms with E-state index in [9.17, 15) is 19.2 Å². The number of benzene rings is 1. The summed E-state index contributed by atoms with van der Waals surface area (Å²) in [6.07, 6.45) is 0.322. The molecule has 3 aliphatic heterocycles. The zero-order chi connectivity index (χ0) is 20.9. The monoisotopic (exact) mass is 400 g/mol. The number of methoxy groups -OCH3 is 1. The average molecular weight is 400 g/mol. The second kappa shape index (κ2) is 6.93.